The van der Waals surface area contributed by atoms with E-state index in [-0.39, 0.29) is 5.91 Å². The van der Waals surface area contributed by atoms with Gasteiger partial charge in [0.2, 0.25) is 5.82 Å². The Bertz CT molecular complexity index is 370. The lowest BCUT2D eigenvalue weighted by molar-refractivity contribution is 0.0728. The number of carbonyl (C=O) groups is 1. The predicted molar refractivity (Wildman–Crippen MR) is 60.1 cm³/mol. The standard InChI is InChI=1S/C11H18N4O/c1-3-4-7-15(9-5-6-9)11(16)10-12-8(2)13-14-10/h9H,3-7H2,1-2H3,(H,12,13,14). The first-order valence-corrected chi connectivity index (χ1v) is 5.92. The van der Waals surface area contributed by atoms with Gasteiger partial charge in [0, 0.05) is 12.6 Å². The third-order valence-corrected chi connectivity index (χ3v) is 2.79. The fourth-order valence-electron chi connectivity index (χ4n) is 1.73. The Hall–Kier alpha value is -1.39. The van der Waals surface area contributed by atoms with Gasteiger partial charge >= 0.3 is 0 Å². The maximum absolute atomic E-state index is 12.1. The second-order valence-electron chi connectivity index (χ2n) is 4.33. The molecule has 16 heavy (non-hydrogen) atoms. The maximum atomic E-state index is 12.1. The summed E-state index contributed by atoms with van der Waals surface area (Å²) in [5.74, 6) is 0.968. The van der Waals surface area contributed by atoms with Crippen LogP contribution in [-0.2, 0) is 0 Å². The third kappa shape index (κ3) is 2.40. The van der Waals surface area contributed by atoms with Crippen LogP contribution in [0.4, 0.5) is 0 Å². The molecule has 0 bridgehead atoms. The highest BCUT2D eigenvalue weighted by Crippen LogP contribution is 2.28. The second kappa shape index (κ2) is 4.63. The number of rotatable bonds is 5. The summed E-state index contributed by atoms with van der Waals surface area (Å²) in [5.41, 5.74) is 0. The Morgan fingerprint density at radius 3 is 2.81 bits per heavy atom. The minimum atomic E-state index is -0.0275. The average Bonchev–Trinajstić information content (AvgIpc) is 3.01. The molecule has 88 valence electrons. The van der Waals surface area contributed by atoms with E-state index in [2.05, 4.69) is 22.1 Å². The van der Waals surface area contributed by atoms with Crippen molar-refractivity contribution in [2.24, 2.45) is 0 Å². The molecule has 0 spiro atoms. The molecule has 0 saturated heterocycles. The molecule has 1 N–H and O–H groups in total. The summed E-state index contributed by atoms with van der Waals surface area (Å²) >= 11 is 0. The summed E-state index contributed by atoms with van der Waals surface area (Å²) in [5, 5.41) is 6.64. The number of hydrogen-bond acceptors (Lipinski definition) is 3. The van der Waals surface area contributed by atoms with Crippen molar-refractivity contribution in [3.05, 3.63) is 11.6 Å². The third-order valence-electron chi connectivity index (χ3n) is 2.79. The number of H-pyrrole nitrogens is 1. The quantitative estimate of drug-likeness (QED) is 0.821. The summed E-state index contributed by atoms with van der Waals surface area (Å²) in [7, 11) is 0. The Labute approximate surface area is 95.2 Å². The summed E-state index contributed by atoms with van der Waals surface area (Å²) in [6.07, 6.45) is 4.40. The number of amides is 1. The van der Waals surface area contributed by atoms with Gasteiger partial charge in [-0.25, -0.2) is 4.98 Å². The van der Waals surface area contributed by atoms with Gasteiger partial charge in [0.25, 0.3) is 5.91 Å². The lowest BCUT2D eigenvalue weighted by Gasteiger charge is -2.20. The van der Waals surface area contributed by atoms with E-state index in [0.29, 0.717) is 17.7 Å². The second-order valence-corrected chi connectivity index (χ2v) is 4.33. The van der Waals surface area contributed by atoms with Gasteiger partial charge < -0.3 is 4.90 Å². The van der Waals surface area contributed by atoms with Gasteiger partial charge in [-0.1, -0.05) is 13.3 Å². The summed E-state index contributed by atoms with van der Waals surface area (Å²) in [4.78, 5) is 18.1. The van der Waals surface area contributed by atoms with Gasteiger partial charge in [-0.05, 0) is 26.2 Å². The van der Waals surface area contributed by atoms with Gasteiger partial charge in [-0.2, -0.15) is 0 Å². The number of nitrogens with zero attached hydrogens (tertiary/aromatic N) is 3. The number of nitrogens with one attached hydrogen (secondary N) is 1. The normalized spacial score (nSPS) is 15.1. The SMILES string of the molecule is CCCCN(C(=O)c1n[nH]c(C)n1)C1CC1. The molecule has 0 atom stereocenters. The van der Waals surface area contributed by atoms with Crippen molar-refractivity contribution in [3.63, 3.8) is 0 Å². The molecular weight excluding hydrogens is 204 g/mol. The van der Waals surface area contributed by atoms with Crippen LogP contribution in [0.3, 0.4) is 0 Å². The van der Waals surface area contributed by atoms with E-state index in [1.807, 2.05) is 4.90 Å². The van der Waals surface area contributed by atoms with Crippen LogP contribution in [0.25, 0.3) is 0 Å². The first-order valence-electron chi connectivity index (χ1n) is 5.92. The van der Waals surface area contributed by atoms with Crippen molar-refractivity contribution < 1.29 is 4.79 Å². The van der Waals surface area contributed by atoms with Crippen molar-refractivity contribution in [3.8, 4) is 0 Å². The van der Waals surface area contributed by atoms with Crippen molar-refractivity contribution >= 4 is 5.91 Å². The van der Waals surface area contributed by atoms with Crippen LogP contribution in [0, 0.1) is 6.92 Å². The zero-order chi connectivity index (χ0) is 11.5. The van der Waals surface area contributed by atoms with E-state index >= 15 is 0 Å². The highest BCUT2D eigenvalue weighted by molar-refractivity contribution is 5.90. The van der Waals surface area contributed by atoms with E-state index in [4.69, 9.17) is 0 Å². The number of aromatic nitrogens is 3. The van der Waals surface area contributed by atoms with Crippen LogP contribution in [-0.4, -0.2) is 38.6 Å². The Kier molecular flexibility index (Phi) is 3.22. The number of hydrogen-bond donors (Lipinski definition) is 1. The van der Waals surface area contributed by atoms with Gasteiger partial charge in [0.05, 0.1) is 0 Å². The number of aryl methyl sites for hydroxylation is 1. The smallest absolute Gasteiger partial charge is 0.293 e. The molecule has 5 nitrogen and oxygen atoms in total. The minimum absolute atomic E-state index is 0.0275. The van der Waals surface area contributed by atoms with Gasteiger partial charge in [0.15, 0.2) is 0 Å². The van der Waals surface area contributed by atoms with Crippen LogP contribution < -0.4 is 0 Å². The molecule has 2 rings (SSSR count). The topological polar surface area (TPSA) is 61.9 Å². The van der Waals surface area contributed by atoms with E-state index in [9.17, 15) is 4.79 Å². The van der Waals surface area contributed by atoms with E-state index in [1.165, 1.54) is 0 Å². The minimum Gasteiger partial charge on any atom is -0.333 e. The highest BCUT2D eigenvalue weighted by Gasteiger charge is 2.33. The van der Waals surface area contributed by atoms with Crippen LogP contribution in [0.5, 0.6) is 0 Å². The van der Waals surface area contributed by atoms with E-state index in [0.717, 1.165) is 32.2 Å². The lowest BCUT2D eigenvalue weighted by atomic mass is 10.3. The van der Waals surface area contributed by atoms with Gasteiger partial charge in [0.1, 0.15) is 5.82 Å². The number of carbonyl (C=O) groups excluding carboxylic acids is 1. The molecule has 1 saturated carbocycles. The molecule has 0 radical (unpaired) electrons. The average molecular weight is 222 g/mol. The van der Waals surface area contributed by atoms with Crippen molar-refractivity contribution in [1.82, 2.24) is 20.1 Å². The first kappa shape index (κ1) is 11.1. The summed E-state index contributed by atoms with van der Waals surface area (Å²) in [6.45, 7) is 4.76. The van der Waals surface area contributed by atoms with Crippen molar-refractivity contribution in [2.45, 2.75) is 45.6 Å². The molecule has 1 amide bonds. The van der Waals surface area contributed by atoms with Crippen molar-refractivity contribution in [1.29, 1.82) is 0 Å². The largest absolute Gasteiger partial charge is 0.333 e. The molecule has 1 heterocycles. The Morgan fingerprint density at radius 1 is 1.56 bits per heavy atom. The van der Waals surface area contributed by atoms with Crippen LogP contribution in [0.15, 0.2) is 0 Å². The van der Waals surface area contributed by atoms with Gasteiger partial charge in [-0.3, -0.25) is 9.89 Å². The Morgan fingerprint density at radius 2 is 2.31 bits per heavy atom. The summed E-state index contributed by atoms with van der Waals surface area (Å²) < 4.78 is 0. The monoisotopic (exact) mass is 222 g/mol. The molecular formula is C11H18N4O. The zero-order valence-electron chi connectivity index (χ0n) is 9.86. The fraction of sp³-hybridized carbons (Fsp3) is 0.727. The lowest BCUT2D eigenvalue weighted by Crippen LogP contribution is -2.34. The molecule has 1 aromatic rings. The fourth-order valence-corrected chi connectivity index (χ4v) is 1.73. The molecule has 0 aliphatic heterocycles. The maximum Gasteiger partial charge on any atom is 0.293 e. The Balaban J connectivity index is 2.04. The molecule has 5 heteroatoms. The predicted octanol–water partition coefficient (Wildman–Crippen LogP) is 1.52. The van der Waals surface area contributed by atoms with E-state index in [1.54, 1.807) is 6.92 Å². The number of unbranched alkanes of at least 4 members (excludes halogenated alkanes) is 1. The molecule has 0 aromatic carbocycles. The molecule has 1 fully saturated rings. The zero-order valence-corrected chi connectivity index (χ0v) is 9.86. The van der Waals surface area contributed by atoms with Crippen LogP contribution in [0.2, 0.25) is 0 Å². The van der Waals surface area contributed by atoms with E-state index < -0.39 is 0 Å². The molecule has 1 aliphatic carbocycles. The van der Waals surface area contributed by atoms with Crippen LogP contribution in [0.1, 0.15) is 49.1 Å². The van der Waals surface area contributed by atoms with Gasteiger partial charge in [-0.15, -0.1) is 5.10 Å². The highest BCUT2D eigenvalue weighted by atomic mass is 16.2. The molecule has 0 unspecified atom stereocenters. The summed E-state index contributed by atoms with van der Waals surface area (Å²) in [6, 6.07) is 0.429. The first-order chi connectivity index (χ1) is 7.72. The van der Waals surface area contributed by atoms with Crippen molar-refractivity contribution in [2.75, 3.05) is 6.54 Å². The molecule has 1 aliphatic rings. The molecule has 1 aromatic heterocycles. The van der Waals surface area contributed by atoms with Crippen LogP contribution >= 0.6 is 0 Å². The number of aromatic amines is 1.